The molecule has 58 heavy (non-hydrogen) atoms. The number of aryl methyl sites for hydroxylation is 1. The average Bonchev–Trinajstić information content (AvgIpc) is 3.64. The summed E-state index contributed by atoms with van der Waals surface area (Å²) in [5, 5.41) is 2.47. The first-order valence-electron chi connectivity index (χ1n) is 19.7. The van der Waals surface area contributed by atoms with Crippen molar-refractivity contribution in [1.82, 2.24) is 19.5 Å². The zero-order valence-corrected chi connectivity index (χ0v) is 31.9. The predicted molar refractivity (Wildman–Crippen MR) is 237 cm³/mol. The van der Waals surface area contributed by atoms with Crippen molar-refractivity contribution in [3.05, 3.63) is 229 Å². The summed E-state index contributed by atoms with van der Waals surface area (Å²) in [6, 6.07) is 73.4. The summed E-state index contributed by atoms with van der Waals surface area (Å²) in [4.78, 5) is 17.5. The van der Waals surface area contributed by atoms with Gasteiger partial charge in [-0.25, -0.2) is 15.0 Å². The molecule has 8 aromatic carbocycles. The molecule has 3 heterocycles. The van der Waals surface area contributed by atoms with Crippen molar-refractivity contribution < 1.29 is 0 Å². The second-order valence-electron chi connectivity index (χ2n) is 14.9. The number of hydrogen-bond donors (Lipinski definition) is 0. The fourth-order valence-corrected chi connectivity index (χ4v) is 9.11. The van der Waals surface area contributed by atoms with E-state index < -0.39 is 5.54 Å². The zero-order chi connectivity index (χ0) is 38.6. The molecule has 1 aliphatic rings. The third-order valence-electron chi connectivity index (χ3n) is 11.6. The minimum atomic E-state index is -0.700. The van der Waals surface area contributed by atoms with Crippen LogP contribution in [0, 0.1) is 6.92 Å². The van der Waals surface area contributed by atoms with Crippen LogP contribution in [0.5, 0.6) is 0 Å². The Balaban J connectivity index is 1.14. The number of nitrogens with zero attached hydrogens (tertiary/aromatic N) is 5. The smallest absolute Gasteiger partial charge is 0.164 e. The second kappa shape index (κ2) is 13.5. The number of para-hydroxylation sites is 4. The van der Waals surface area contributed by atoms with Crippen molar-refractivity contribution in [2.75, 3.05) is 4.90 Å². The van der Waals surface area contributed by atoms with Crippen LogP contribution in [0.1, 0.15) is 22.3 Å². The van der Waals surface area contributed by atoms with Gasteiger partial charge in [-0.2, -0.15) is 0 Å². The molecule has 0 unspecified atom stereocenters. The van der Waals surface area contributed by atoms with Crippen molar-refractivity contribution in [2.45, 2.75) is 12.5 Å². The number of aromatic nitrogens is 4. The van der Waals surface area contributed by atoms with Crippen LogP contribution in [0.15, 0.2) is 206 Å². The van der Waals surface area contributed by atoms with E-state index in [1.165, 1.54) is 38.5 Å². The van der Waals surface area contributed by atoms with Crippen LogP contribution >= 0.6 is 0 Å². The Morgan fingerprint density at radius 3 is 1.33 bits per heavy atom. The molecule has 0 aliphatic carbocycles. The van der Waals surface area contributed by atoms with Crippen LogP contribution in [0.2, 0.25) is 0 Å². The molecule has 0 atom stereocenters. The number of rotatable bonds is 6. The van der Waals surface area contributed by atoms with Crippen molar-refractivity contribution in [2.24, 2.45) is 0 Å². The van der Waals surface area contributed by atoms with E-state index in [1.54, 1.807) is 0 Å². The van der Waals surface area contributed by atoms with E-state index in [2.05, 4.69) is 162 Å². The van der Waals surface area contributed by atoms with Crippen LogP contribution in [0.3, 0.4) is 0 Å². The van der Waals surface area contributed by atoms with E-state index in [9.17, 15) is 0 Å². The van der Waals surface area contributed by atoms with E-state index in [1.807, 2.05) is 60.7 Å². The molecule has 274 valence electrons. The summed E-state index contributed by atoms with van der Waals surface area (Å²) in [5.74, 6) is 1.93. The lowest BCUT2D eigenvalue weighted by Crippen LogP contribution is -2.42. The highest BCUT2D eigenvalue weighted by molar-refractivity contribution is 6.09. The molecule has 10 aromatic rings. The third-order valence-corrected chi connectivity index (χ3v) is 11.6. The highest BCUT2D eigenvalue weighted by Gasteiger charge is 2.48. The largest absolute Gasteiger partial charge is 0.322 e. The molecule has 11 rings (SSSR count). The highest BCUT2D eigenvalue weighted by atomic mass is 15.2. The van der Waals surface area contributed by atoms with Crippen molar-refractivity contribution in [1.29, 1.82) is 0 Å². The fourth-order valence-electron chi connectivity index (χ4n) is 9.11. The molecular formula is C53H37N5. The van der Waals surface area contributed by atoms with Gasteiger partial charge in [0.2, 0.25) is 0 Å². The molecule has 1 aliphatic heterocycles. The lowest BCUT2D eigenvalue weighted by molar-refractivity contribution is 0.544. The van der Waals surface area contributed by atoms with Gasteiger partial charge >= 0.3 is 0 Å². The number of benzene rings is 8. The quantitative estimate of drug-likeness (QED) is 0.170. The topological polar surface area (TPSA) is 46.8 Å². The Morgan fingerprint density at radius 1 is 0.379 bits per heavy atom. The van der Waals surface area contributed by atoms with Gasteiger partial charge in [-0.15, -0.1) is 0 Å². The molecule has 0 radical (unpaired) electrons. The van der Waals surface area contributed by atoms with Gasteiger partial charge in [0, 0.05) is 44.3 Å². The predicted octanol–water partition coefficient (Wildman–Crippen LogP) is 12.9. The summed E-state index contributed by atoms with van der Waals surface area (Å²) in [6.07, 6.45) is 0. The molecule has 0 amide bonds. The Bertz CT molecular complexity index is 2980. The van der Waals surface area contributed by atoms with Gasteiger partial charge in [-0.1, -0.05) is 164 Å². The van der Waals surface area contributed by atoms with Crippen LogP contribution in [0.4, 0.5) is 17.1 Å². The number of fused-ring (bicyclic) bond motifs is 5. The minimum absolute atomic E-state index is 0.635. The average molecular weight is 744 g/mol. The van der Waals surface area contributed by atoms with Crippen LogP contribution in [0.25, 0.3) is 56.0 Å². The van der Waals surface area contributed by atoms with Gasteiger partial charge in [-0.05, 0) is 60.5 Å². The second-order valence-corrected chi connectivity index (χ2v) is 14.9. The molecule has 5 heteroatoms. The summed E-state index contributed by atoms with van der Waals surface area (Å²) in [7, 11) is 0. The van der Waals surface area contributed by atoms with Crippen molar-refractivity contribution in [3.63, 3.8) is 0 Å². The first-order valence-corrected chi connectivity index (χ1v) is 19.7. The highest BCUT2D eigenvalue weighted by Crippen LogP contribution is 2.57. The normalized spacial score (nSPS) is 13.0. The van der Waals surface area contributed by atoms with Gasteiger partial charge in [0.05, 0.1) is 22.4 Å². The first-order chi connectivity index (χ1) is 28.7. The molecule has 2 aromatic heterocycles. The standard InChI is InChI=1S/C53H37N5/c1-36-35-39(52-55-50(37-19-5-2-6-20-37)54-51(56-52)38-21-7-3-8-22-38)33-34-45(36)57-48-31-17-13-27-43(48)53(40-23-9-4-10-24-40,44-28-14-18-32-49(44)57)58-46-29-15-11-25-41(46)42-26-12-16-30-47(42)58/h2-35H,1H3. The van der Waals surface area contributed by atoms with Crippen LogP contribution in [-0.2, 0) is 5.54 Å². The molecule has 0 saturated carbocycles. The molecular weight excluding hydrogens is 707 g/mol. The van der Waals surface area contributed by atoms with Crippen molar-refractivity contribution >= 4 is 38.9 Å². The van der Waals surface area contributed by atoms with Crippen LogP contribution < -0.4 is 4.90 Å². The molecule has 0 fully saturated rings. The maximum absolute atomic E-state index is 5.05. The Hall–Kier alpha value is -7.63. The third kappa shape index (κ3) is 5.14. The summed E-state index contributed by atoms with van der Waals surface area (Å²) in [5.41, 5.74) is 12.6. The summed E-state index contributed by atoms with van der Waals surface area (Å²) < 4.78 is 2.59. The molecule has 0 bridgehead atoms. The monoisotopic (exact) mass is 743 g/mol. The Morgan fingerprint density at radius 2 is 0.810 bits per heavy atom. The van der Waals surface area contributed by atoms with E-state index in [-0.39, 0.29) is 0 Å². The number of hydrogen-bond acceptors (Lipinski definition) is 4. The lowest BCUT2D eigenvalue weighted by atomic mass is 9.72. The summed E-state index contributed by atoms with van der Waals surface area (Å²) in [6.45, 7) is 2.19. The van der Waals surface area contributed by atoms with Gasteiger partial charge < -0.3 is 9.47 Å². The van der Waals surface area contributed by atoms with Gasteiger partial charge in [0.15, 0.2) is 17.5 Å². The number of anilines is 3. The van der Waals surface area contributed by atoms with E-state index in [0.29, 0.717) is 17.5 Å². The van der Waals surface area contributed by atoms with Crippen LogP contribution in [-0.4, -0.2) is 19.5 Å². The minimum Gasteiger partial charge on any atom is -0.322 e. The Labute approximate surface area is 337 Å². The zero-order valence-electron chi connectivity index (χ0n) is 31.9. The SMILES string of the molecule is Cc1cc(-c2nc(-c3ccccc3)nc(-c3ccccc3)n2)ccc1N1c2ccccc2C(c2ccccc2)(n2c3ccccc3c3ccccc32)c2ccccc21. The van der Waals surface area contributed by atoms with Gasteiger partial charge in [-0.3, -0.25) is 0 Å². The first kappa shape index (κ1) is 33.7. The summed E-state index contributed by atoms with van der Waals surface area (Å²) >= 11 is 0. The fraction of sp³-hybridized carbons (Fsp3) is 0.0377. The van der Waals surface area contributed by atoms with Crippen molar-refractivity contribution in [3.8, 4) is 34.2 Å². The molecule has 0 saturated heterocycles. The van der Waals surface area contributed by atoms with E-state index in [0.717, 1.165) is 39.3 Å². The van der Waals surface area contributed by atoms with E-state index in [4.69, 9.17) is 15.0 Å². The molecule has 0 N–H and O–H groups in total. The molecule has 5 nitrogen and oxygen atoms in total. The maximum Gasteiger partial charge on any atom is 0.164 e. The lowest BCUT2D eigenvalue weighted by Gasteiger charge is -2.47. The Kier molecular flexibility index (Phi) is 7.86. The maximum atomic E-state index is 5.05. The van der Waals surface area contributed by atoms with E-state index >= 15 is 0 Å². The van der Waals surface area contributed by atoms with Gasteiger partial charge in [0.25, 0.3) is 0 Å². The molecule has 0 spiro atoms. The van der Waals surface area contributed by atoms with Gasteiger partial charge in [0.1, 0.15) is 5.54 Å².